The van der Waals surface area contributed by atoms with E-state index in [4.69, 9.17) is 0 Å². The third-order valence-corrected chi connectivity index (χ3v) is 2.45. The van der Waals surface area contributed by atoms with Gasteiger partial charge in [-0.25, -0.2) is 0 Å². The van der Waals surface area contributed by atoms with Gasteiger partial charge in [-0.3, -0.25) is 24.3 Å². The van der Waals surface area contributed by atoms with E-state index in [2.05, 4.69) is 10.3 Å². The quantitative estimate of drug-likeness (QED) is 0.702. The fraction of sp³-hybridized carbons (Fsp3) is 0.167. The number of piperazine rings is 1. The van der Waals surface area contributed by atoms with E-state index in [1.165, 1.54) is 13.0 Å². The molecule has 18 heavy (non-hydrogen) atoms. The van der Waals surface area contributed by atoms with Crippen LogP contribution < -0.4 is 5.32 Å². The monoisotopic (exact) mass is 245 g/mol. The molecule has 0 atom stereocenters. The molecule has 0 saturated carbocycles. The Balaban J connectivity index is 2.32. The van der Waals surface area contributed by atoms with Gasteiger partial charge in [0, 0.05) is 19.3 Å². The first-order valence-corrected chi connectivity index (χ1v) is 5.32. The number of hydrogen-bond donors (Lipinski definition) is 1. The smallest absolute Gasteiger partial charge is 0.277 e. The number of carbonyl (C=O) groups is 3. The van der Waals surface area contributed by atoms with Crippen molar-refractivity contribution < 1.29 is 14.4 Å². The number of carbonyl (C=O) groups excluding carboxylic acids is 3. The zero-order valence-electron chi connectivity index (χ0n) is 9.71. The first-order chi connectivity index (χ1) is 8.58. The molecule has 0 bridgehead atoms. The Hall–Kier alpha value is -2.50. The lowest BCUT2D eigenvalue weighted by atomic mass is 10.2. The van der Waals surface area contributed by atoms with Gasteiger partial charge in [-0.2, -0.15) is 0 Å². The Kier molecular flexibility index (Phi) is 3.18. The maximum absolute atomic E-state index is 11.9. The molecule has 0 aromatic carbocycles. The molecular weight excluding hydrogens is 234 g/mol. The summed E-state index contributed by atoms with van der Waals surface area (Å²) in [5.74, 6) is -1.33. The molecular formula is C12H11N3O3. The molecule has 6 heteroatoms. The van der Waals surface area contributed by atoms with Crippen molar-refractivity contribution in [1.29, 1.82) is 0 Å². The molecule has 1 aliphatic rings. The number of hydrogen-bond acceptors (Lipinski definition) is 4. The van der Waals surface area contributed by atoms with Crippen molar-refractivity contribution in [2.45, 2.75) is 6.92 Å². The average molecular weight is 245 g/mol. The van der Waals surface area contributed by atoms with Crippen LogP contribution in [0.15, 0.2) is 30.2 Å². The van der Waals surface area contributed by atoms with Gasteiger partial charge >= 0.3 is 0 Å². The molecule has 1 aromatic rings. The van der Waals surface area contributed by atoms with Crippen LogP contribution in [0.1, 0.15) is 12.5 Å². The highest BCUT2D eigenvalue weighted by Crippen LogP contribution is 2.10. The van der Waals surface area contributed by atoms with Gasteiger partial charge in [0.1, 0.15) is 12.2 Å². The lowest BCUT2D eigenvalue weighted by Gasteiger charge is -2.25. The minimum absolute atomic E-state index is 0.0904. The molecule has 0 radical (unpaired) electrons. The average Bonchev–Trinajstić information content (AvgIpc) is 2.34. The van der Waals surface area contributed by atoms with Crippen molar-refractivity contribution in [3.8, 4) is 0 Å². The second kappa shape index (κ2) is 4.79. The Labute approximate surface area is 103 Å². The number of amides is 3. The van der Waals surface area contributed by atoms with Crippen molar-refractivity contribution >= 4 is 23.8 Å². The van der Waals surface area contributed by atoms with Crippen LogP contribution in [0.5, 0.6) is 0 Å². The van der Waals surface area contributed by atoms with Gasteiger partial charge < -0.3 is 5.32 Å². The minimum atomic E-state index is -0.501. The molecule has 1 fully saturated rings. The summed E-state index contributed by atoms with van der Waals surface area (Å²) in [6.45, 7) is 1.02. The first kappa shape index (κ1) is 12.0. The number of rotatable bonds is 1. The standard InChI is InChI=1S/C12H11N3O3/c1-8(16)15-7-11(17)14-10(12(15)18)6-9-2-4-13-5-3-9/h2-6H,7H2,1H3,(H,14,17)/b10-6+. The molecule has 0 spiro atoms. The van der Waals surface area contributed by atoms with Crippen LogP contribution >= 0.6 is 0 Å². The van der Waals surface area contributed by atoms with Crippen molar-refractivity contribution in [1.82, 2.24) is 15.2 Å². The van der Waals surface area contributed by atoms with Crippen molar-refractivity contribution in [2.24, 2.45) is 0 Å². The molecule has 1 N–H and O–H groups in total. The minimum Gasteiger partial charge on any atom is -0.320 e. The van der Waals surface area contributed by atoms with Gasteiger partial charge in [0.05, 0.1) is 0 Å². The Morgan fingerprint density at radius 3 is 2.67 bits per heavy atom. The molecule has 0 aliphatic carbocycles. The van der Waals surface area contributed by atoms with Gasteiger partial charge in [0.2, 0.25) is 11.8 Å². The fourth-order valence-electron chi connectivity index (χ4n) is 1.58. The van der Waals surface area contributed by atoms with Crippen LogP contribution in [0.4, 0.5) is 0 Å². The summed E-state index contributed by atoms with van der Waals surface area (Å²) in [7, 11) is 0. The van der Waals surface area contributed by atoms with Crippen molar-refractivity contribution in [3.05, 3.63) is 35.8 Å². The van der Waals surface area contributed by atoms with Crippen LogP contribution in [-0.2, 0) is 14.4 Å². The van der Waals surface area contributed by atoms with Gasteiger partial charge in [0.25, 0.3) is 5.91 Å². The summed E-state index contributed by atoms with van der Waals surface area (Å²) in [6, 6.07) is 3.39. The number of nitrogens with one attached hydrogen (secondary N) is 1. The molecule has 92 valence electrons. The second-order valence-corrected chi connectivity index (χ2v) is 3.80. The Bertz CT molecular complexity index is 537. The topological polar surface area (TPSA) is 79.4 Å². The van der Waals surface area contributed by atoms with E-state index in [1.807, 2.05) is 0 Å². The third kappa shape index (κ3) is 2.42. The van der Waals surface area contributed by atoms with Gasteiger partial charge in [-0.05, 0) is 23.8 Å². The Morgan fingerprint density at radius 2 is 2.06 bits per heavy atom. The van der Waals surface area contributed by atoms with E-state index in [0.29, 0.717) is 0 Å². The zero-order valence-corrected chi connectivity index (χ0v) is 9.71. The normalized spacial score (nSPS) is 17.8. The lowest BCUT2D eigenvalue weighted by Crippen LogP contribution is -2.51. The molecule has 1 aromatic heterocycles. The molecule has 0 unspecified atom stereocenters. The predicted molar refractivity (Wildman–Crippen MR) is 62.8 cm³/mol. The van der Waals surface area contributed by atoms with Crippen LogP contribution in [0.25, 0.3) is 6.08 Å². The second-order valence-electron chi connectivity index (χ2n) is 3.80. The van der Waals surface area contributed by atoms with Gasteiger partial charge in [-0.1, -0.05) is 0 Å². The van der Waals surface area contributed by atoms with Crippen molar-refractivity contribution in [2.75, 3.05) is 6.54 Å². The number of nitrogens with zero attached hydrogens (tertiary/aromatic N) is 2. The van der Waals surface area contributed by atoms with E-state index < -0.39 is 11.8 Å². The lowest BCUT2D eigenvalue weighted by molar-refractivity contribution is -0.147. The largest absolute Gasteiger partial charge is 0.320 e. The number of imide groups is 1. The fourth-order valence-corrected chi connectivity index (χ4v) is 1.58. The van der Waals surface area contributed by atoms with Crippen molar-refractivity contribution in [3.63, 3.8) is 0 Å². The van der Waals surface area contributed by atoms with E-state index in [-0.39, 0.29) is 18.1 Å². The van der Waals surface area contributed by atoms with Crippen LogP contribution in [0, 0.1) is 0 Å². The SMILES string of the molecule is CC(=O)N1CC(=O)N/C(=C/c2ccncc2)C1=O. The maximum atomic E-state index is 11.9. The van der Waals surface area contributed by atoms with Crippen LogP contribution in [0.3, 0.4) is 0 Å². The van der Waals surface area contributed by atoms with E-state index >= 15 is 0 Å². The molecule has 3 amide bonds. The third-order valence-electron chi connectivity index (χ3n) is 2.45. The highest BCUT2D eigenvalue weighted by Gasteiger charge is 2.30. The zero-order chi connectivity index (χ0) is 13.1. The summed E-state index contributed by atoms with van der Waals surface area (Å²) in [6.07, 6.45) is 4.66. The summed E-state index contributed by atoms with van der Waals surface area (Å²) in [4.78, 5) is 39.3. The maximum Gasteiger partial charge on any atom is 0.277 e. The molecule has 2 rings (SSSR count). The number of aromatic nitrogens is 1. The van der Waals surface area contributed by atoms with E-state index in [1.54, 1.807) is 24.5 Å². The first-order valence-electron chi connectivity index (χ1n) is 5.32. The van der Waals surface area contributed by atoms with E-state index in [9.17, 15) is 14.4 Å². The number of pyridine rings is 1. The van der Waals surface area contributed by atoms with E-state index in [0.717, 1.165) is 10.5 Å². The summed E-state index contributed by atoms with van der Waals surface area (Å²) >= 11 is 0. The molecule has 1 saturated heterocycles. The molecule has 1 aliphatic heterocycles. The van der Waals surface area contributed by atoms with Crippen LogP contribution in [0.2, 0.25) is 0 Å². The summed E-state index contributed by atoms with van der Waals surface area (Å²) in [5.41, 5.74) is 0.812. The molecule has 2 heterocycles. The Morgan fingerprint density at radius 1 is 1.39 bits per heavy atom. The highest BCUT2D eigenvalue weighted by atomic mass is 16.2. The van der Waals surface area contributed by atoms with Crippen LogP contribution in [-0.4, -0.2) is 34.2 Å². The van der Waals surface area contributed by atoms with Gasteiger partial charge in [-0.15, -0.1) is 0 Å². The summed E-state index contributed by atoms with van der Waals surface area (Å²) in [5, 5.41) is 2.46. The summed E-state index contributed by atoms with van der Waals surface area (Å²) < 4.78 is 0. The highest BCUT2D eigenvalue weighted by molar-refractivity contribution is 6.12. The predicted octanol–water partition coefficient (Wildman–Crippen LogP) is -0.0726. The molecule has 6 nitrogen and oxygen atoms in total. The van der Waals surface area contributed by atoms with Gasteiger partial charge in [0.15, 0.2) is 0 Å².